The molecule has 0 saturated heterocycles. The zero-order valence-corrected chi connectivity index (χ0v) is 10.2. The maximum atomic E-state index is 6.00. The first-order valence-corrected chi connectivity index (χ1v) is 8.34. The molecule has 0 bridgehead atoms. The third-order valence-corrected chi connectivity index (χ3v) is 2.96. The minimum atomic E-state index is -1.43. The van der Waals surface area contributed by atoms with Crippen molar-refractivity contribution in [1.29, 1.82) is 0 Å². The van der Waals surface area contributed by atoms with Crippen LogP contribution in [-0.4, -0.2) is 14.9 Å². The van der Waals surface area contributed by atoms with E-state index in [1.807, 2.05) is 30.3 Å². The summed E-state index contributed by atoms with van der Waals surface area (Å²) in [6.07, 6.45) is 0. The Bertz CT molecular complexity index is 268. The molecule has 0 heterocycles. The first kappa shape index (κ1) is 11.4. The van der Waals surface area contributed by atoms with Crippen molar-refractivity contribution in [3.8, 4) is 0 Å². The van der Waals surface area contributed by atoms with Gasteiger partial charge in [-0.25, -0.2) is 0 Å². The lowest BCUT2D eigenvalue weighted by Crippen LogP contribution is -2.30. The third-order valence-electron chi connectivity index (χ3n) is 1.92. The van der Waals surface area contributed by atoms with Crippen LogP contribution in [-0.2, 0) is 4.43 Å². The standard InChI is InChI=1S/C11H19NOSi/c1-14(2,3)13-9-11(12)10-7-5-4-6-8-10/h4-8,11H,9,12H2,1-3H3. The van der Waals surface area contributed by atoms with Gasteiger partial charge in [0, 0.05) is 0 Å². The first-order chi connectivity index (χ1) is 6.49. The third kappa shape index (κ3) is 4.04. The van der Waals surface area contributed by atoms with E-state index in [-0.39, 0.29) is 6.04 Å². The molecule has 0 radical (unpaired) electrons. The molecule has 2 nitrogen and oxygen atoms in total. The predicted molar refractivity (Wildman–Crippen MR) is 62.7 cm³/mol. The maximum Gasteiger partial charge on any atom is 0.183 e. The van der Waals surface area contributed by atoms with Gasteiger partial charge in [-0.1, -0.05) is 30.3 Å². The van der Waals surface area contributed by atoms with Gasteiger partial charge < -0.3 is 10.2 Å². The fourth-order valence-corrected chi connectivity index (χ4v) is 1.82. The summed E-state index contributed by atoms with van der Waals surface area (Å²) in [6.45, 7) is 7.14. The van der Waals surface area contributed by atoms with E-state index in [4.69, 9.17) is 10.2 Å². The molecule has 1 aromatic carbocycles. The SMILES string of the molecule is C[Si](C)(C)OCC(N)c1ccccc1. The van der Waals surface area contributed by atoms with Crippen molar-refractivity contribution in [3.05, 3.63) is 35.9 Å². The molecular formula is C11H19NOSi. The molecule has 0 aliphatic heterocycles. The second kappa shape index (κ2) is 4.73. The van der Waals surface area contributed by atoms with Crippen LogP contribution in [0.4, 0.5) is 0 Å². The van der Waals surface area contributed by atoms with Crippen molar-refractivity contribution in [2.45, 2.75) is 25.7 Å². The zero-order valence-electron chi connectivity index (χ0n) is 9.16. The van der Waals surface area contributed by atoms with E-state index < -0.39 is 8.32 Å². The number of rotatable bonds is 4. The van der Waals surface area contributed by atoms with Gasteiger partial charge in [-0.05, 0) is 25.2 Å². The number of hydrogen-bond donors (Lipinski definition) is 1. The Morgan fingerprint density at radius 2 is 1.79 bits per heavy atom. The van der Waals surface area contributed by atoms with Gasteiger partial charge in [-0.15, -0.1) is 0 Å². The van der Waals surface area contributed by atoms with E-state index in [1.165, 1.54) is 0 Å². The van der Waals surface area contributed by atoms with E-state index in [2.05, 4.69) is 19.6 Å². The summed E-state index contributed by atoms with van der Waals surface area (Å²) in [5, 5.41) is 0. The minimum Gasteiger partial charge on any atom is -0.416 e. The quantitative estimate of drug-likeness (QED) is 0.773. The number of hydrogen-bond acceptors (Lipinski definition) is 2. The Labute approximate surface area is 87.2 Å². The Morgan fingerprint density at radius 3 is 2.29 bits per heavy atom. The highest BCUT2D eigenvalue weighted by molar-refractivity contribution is 6.69. The van der Waals surface area contributed by atoms with Crippen LogP contribution in [0.15, 0.2) is 30.3 Å². The average Bonchev–Trinajstić information content (AvgIpc) is 2.14. The summed E-state index contributed by atoms with van der Waals surface area (Å²) in [6, 6.07) is 10.1. The van der Waals surface area contributed by atoms with Crippen LogP contribution in [0.3, 0.4) is 0 Å². The number of benzene rings is 1. The van der Waals surface area contributed by atoms with Crippen molar-refractivity contribution in [1.82, 2.24) is 0 Å². The van der Waals surface area contributed by atoms with E-state index in [0.29, 0.717) is 6.61 Å². The van der Waals surface area contributed by atoms with Gasteiger partial charge in [0.05, 0.1) is 12.6 Å². The molecule has 14 heavy (non-hydrogen) atoms. The van der Waals surface area contributed by atoms with E-state index in [1.54, 1.807) is 0 Å². The van der Waals surface area contributed by atoms with Crippen molar-refractivity contribution in [2.75, 3.05) is 6.61 Å². The van der Waals surface area contributed by atoms with Gasteiger partial charge in [-0.2, -0.15) is 0 Å². The van der Waals surface area contributed by atoms with Gasteiger partial charge in [0.2, 0.25) is 0 Å². The molecule has 0 amide bonds. The Balaban J connectivity index is 2.48. The summed E-state index contributed by atoms with van der Waals surface area (Å²) in [5.41, 5.74) is 7.14. The fraction of sp³-hybridized carbons (Fsp3) is 0.455. The summed E-state index contributed by atoms with van der Waals surface area (Å²) >= 11 is 0. The van der Waals surface area contributed by atoms with Crippen LogP contribution < -0.4 is 5.73 Å². The smallest absolute Gasteiger partial charge is 0.183 e. The summed E-state index contributed by atoms with van der Waals surface area (Å²) in [4.78, 5) is 0. The van der Waals surface area contributed by atoms with Crippen molar-refractivity contribution in [2.24, 2.45) is 5.73 Å². The summed E-state index contributed by atoms with van der Waals surface area (Å²) in [5.74, 6) is 0. The highest BCUT2D eigenvalue weighted by Gasteiger charge is 2.16. The molecule has 3 heteroatoms. The van der Waals surface area contributed by atoms with Gasteiger partial charge in [0.25, 0.3) is 0 Å². The van der Waals surface area contributed by atoms with E-state index >= 15 is 0 Å². The van der Waals surface area contributed by atoms with Crippen LogP contribution in [0.1, 0.15) is 11.6 Å². The monoisotopic (exact) mass is 209 g/mol. The molecule has 1 aromatic rings. The lowest BCUT2D eigenvalue weighted by Gasteiger charge is -2.20. The van der Waals surface area contributed by atoms with Crippen LogP contribution >= 0.6 is 0 Å². The molecule has 0 spiro atoms. The highest BCUT2D eigenvalue weighted by Crippen LogP contribution is 2.12. The van der Waals surface area contributed by atoms with E-state index in [0.717, 1.165) is 5.56 Å². The van der Waals surface area contributed by atoms with Crippen molar-refractivity contribution < 1.29 is 4.43 Å². The fourth-order valence-electron chi connectivity index (χ4n) is 1.14. The molecule has 0 fully saturated rings. The Morgan fingerprint density at radius 1 is 1.21 bits per heavy atom. The lowest BCUT2D eigenvalue weighted by molar-refractivity contribution is 0.284. The summed E-state index contributed by atoms with van der Waals surface area (Å²) in [7, 11) is -1.43. The molecule has 0 aliphatic carbocycles. The van der Waals surface area contributed by atoms with Crippen LogP contribution in [0.25, 0.3) is 0 Å². The lowest BCUT2D eigenvalue weighted by atomic mass is 10.1. The predicted octanol–water partition coefficient (Wildman–Crippen LogP) is 2.54. The van der Waals surface area contributed by atoms with Crippen LogP contribution in [0.5, 0.6) is 0 Å². The summed E-state index contributed by atoms with van der Waals surface area (Å²) < 4.78 is 5.76. The Hall–Kier alpha value is -0.643. The Kier molecular flexibility index (Phi) is 3.86. The molecular weight excluding hydrogens is 190 g/mol. The molecule has 0 saturated carbocycles. The molecule has 1 unspecified atom stereocenters. The van der Waals surface area contributed by atoms with Crippen LogP contribution in [0.2, 0.25) is 19.6 Å². The second-order valence-electron chi connectivity index (χ2n) is 4.44. The highest BCUT2D eigenvalue weighted by atomic mass is 28.4. The number of nitrogens with two attached hydrogens (primary N) is 1. The average molecular weight is 209 g/mol. The van der Waals surface area contributed by atoms with Crippen molar-refractivity contribution >= 4 is 8.32 Å². The normalized spacial score (nSPS) is 14.0. The molecule has 0 aromatic heterocycles. The molecule has 2 N–H and O–H groups in total. The van der Waals surface area contributed by atoms with Crippen molar-refractivity contribution in [3.63, 3.8) is 0 Å². The molecule has 1 atom stereocenters. The first-order valence-electron chi connectivity index (χ1n) is 4.93. The largest absolute Gasteiger partial charge is 0.416 e. The van der Waals surface area contributed by atoms with Gasteiger partial charge in [0.15, 0.2) is 8.32 Å². The topological polar surface area (TPSA) is 35.2 Å². The minimum absolute atomic E-state index is 0.00271. The maximum absolute atomic E-state index is 6.00. The molecule has 1 rings (SSSR count). The molecule has 0 aliphatic rings. The van der Waals surface area contributed by atoms with Gasteiger partial charge >= 0.3 is 0 Å². The molecule has 78 valence electrons. The second-order valence-corrected chi connectivity index (χ2v) is 8.95. The van der Waals surface area contributed by atoms with Gasteiger partial charge in [0.1, 0.15) is 0 Å². The van der Waals surface area contributed by atoms with E-state index in [9.17, 15) is 0 Å². The zero-order chi connectivity index (χ0) is 10.6. The van der Waals surface area contributed by atoms with Crippen LogP contribution in [0, 0.1) is 0 Å². The van der Waals surface area contributed by atoms with Gasteiger partial charge in [-0.3, -0.25) is 0 Å².